The van der Waals surface area contributed by atoms with E-state index in [1.807, 2.05) is 27.7 Å². The van der Waals surface area contributed by atoms with Gasteiger partial charge in [-0.2, -0.15) is 4.31 Å². The zero-order valence-electron chi connectivity index (χ0n) is 12.4. The predicted octanol–water partition coefficient (Wildman–Crippen LogP) is 3.12. The number of nitrogens with zero attached hydrogens (tertiary/aromatic N) is 1. The van der Waals surface area contributed by atoms with Gasteiger partial charge in [0.15, 0.2) is 0 Å². The molecule has 0 aliphatic carbocycles. The Morgan fingerprint density at radius 3 is 1.82 bits per heavy atom. The molecular weight excluding hydrogens is 234 g/mol. The Labute approximate surface area is 108 Å². The minimum absolute atomic E-state index is 0.0427. The summed E-state index contributed by atoms with van der Waals surface area (Å²) in [6.45, 7) is 14.8. The van der Waals surface area contributed by atoms with Gasteiger partial charge in [0.2, 0.25) is 10.0 Å². The average molecular weight is 263 g/mol. The van der Waals surface area contributed by atoms with Crippen LogP contribution >= 0.6 is 0 Å². The highest BCUT2D eigenvalue weighted by atomic mass is 32.2. The first-order valence-corrected chi connectivity index (χ1v) is 8.06. The maximum absolute atomic E-state index is 12.2. The maximum atomic E-state index is 12.2. The molecule has 0 heterocycles. The molecular formula is C13H29NO2S. The highest BCUT2D eigenvalue weighted by Gasteiger charge is 2.26. The maximum Gasteiger partial charge on any atom is 0.214 e. The van der Waals surface area contributed by atoms with Gasteiger partial charge in [-0.05, 0) is 31.6 Å². The summed E-state index contributed by atoms with van der Waals surface area (Å²) in [4.78, 5) is 0. The van der Waals surface area contributed by atoms with Crippen molar-refractivity contribution in [1.82, 2.24) is 4.31 Å². The van der Waals surface area contributed by atoms with Gasteiger partial charge < -0.3 is 0 Å². The predicted molar refractivity (Wildman–Crippen MR) is 74.5 cm³/mol. The van der Waals surface area contributed by atoms with Crippen LogP contribution in [0.25, 0.3) is 0 Å². The normalized spacial score (nSPS) is 14.0. The van der Waals surface area contributed by atoms with Crippen molar-refractivity contribution in [2.75, 3.05) is 12.3 Å². The molecule has 0 amide bonds. The van der Waals surface area contributed by atoms with Gasteiger partial charge in [-0.25, -0.2) is 8.42 Å². The largest absolute Gasteiger partial charge is 0.214 e. The molecule has 0 bridgehead atoms. The van der Waals surface area contributed by atoms with Crippen molar-refractivity contribution < 1.29 is 8.42 Å². The van der Waals surface area contributed by atoms with Gasteiger partial charge in [0.25, 0.3) is 0 Å². The minimum atomic E-state index is -3.11. The SMILES string of the molecule is CC(C)CS(=O)(=O)N(CCC(C)(C)C)C(C)C. The van der Waals surface area contributed by atoms with Crippen molar-refractivity contribution in [2.45, 2.75) is 60.9 Å². The van der Waals surface area contributed by atoms with Crippen LogP contribution in [-0.2, 0) is 10.0 Å². The number of sulfonamides is 1. The molecule has 104 valence electrons. The molecule has 0 radical (unpaired) electrons. The summed E-state index contributed by atoms with van der Waals surface area (Å²) in [5, 5.41) is 0. The van der Waals surface area contributed by atoms with Crippen molar-refractivity contribution in [2.24, 2.45) is 11.3 Å². The molecule has 17 heavy (non-hydrogen) atoms. The molecule has 3 nitrogen and oxygen atoms in total. The van der Waals surface area contributed by atoms with Crippen LogP contribution in [0.1, 0.15) is 54.9 Å². The number of hydrogen-bond acceptors (Lipinski definition) is 2. The lowest BCUT2D eigenvalue weighted by molar-refractivity contribution is 0.282. The Hall–Kier alpha value is -0.0900. The van der Waals surface area contributed by atoms with Gasteiger partial charge in [0.05, 0.1) is 5.75 Å². The zero-order valence-corrected chi connectivity index (χ0v) is 13.3. The summed E-state index contributed by atoms with van der Waals surface area (Å²) in [5.41, 5.74) is 0.167. The quantitative estimate of drug-likeness (QED) is 0.738. The standard InChI is InChI=1S/C13H29NO2S/c1-11(2)10-17(15,16)14(12(3)4)9-8-13(5,6)7/h11-12H,8-10H2,1-7H3. The van der Waals surface area contributed by atoms with Crippen LogP contribution in [0.2, 0.25) is 0 Å². The van der Waals surface area contributed by atoms with Gasteiger partial charge in [-0.1, -0.05) is 34.6 Å². The highest BCUT2D eigenvalue weighted by molar-refractivity contribution is 7.89. The fraction of sp³-hybridized carbons (Fsp3) is 1.00. The Bertz CT molecular complexity index is 313. The van der Waals surface area contributed by atoms with E-state index in [9.17, 15) is 8.42 Å². The van der Waals surface area contributed by atoms with E-state index in [0.29, 0.717) is 6.54 Å². The second-order valence-corrected chi connectivity index (χ2v) is 8.65. The van der Waals surface area contributed by atoms with E-state index in [1.54, 1.807) is 4.31 Å². The van der Waals surface area contributed by atoms with E-state index in [2.05, 4.69) is 20.8 Å². The lowest BCUT2D eigenvalue weighted by Gasteiger charge is -2.29. The van der Waals surface area contributed by atoms with E-state index < -0.39 is 10.0 Å². The fourth-order valence-corrected chi connectivity index (χ4v) is 3.73. The fourth-order valence-electron chi connectivity index (χ4n) is 1.68. The van der Waals surface area contributed by atoms with Crippen LogP contribution in [0.4, 0.5) is 0 Å². The molecule has 0 spiro atoms. The summed E-state index contributed by atoms with van der Waals surface area (Å²) in [6.07, 6.45) is 0.891. The molecule has 0 aliphatic heterocycles. The minimum Gasteiger partial charge on any atom is -0.212 e. The van der Waals surface area contributed by atoms with Crippen molar-refractivity contribution in [3.63, 3.8) is 0 Å². The second-order valence-electron chi connectivity index (χ2n) is 6.69. The van der Waals surface area contributed by atoms with E-state index in [-0.39, 0.29) is 23.1 Å². The third-order valence-corrected chi connectivity index (χ3v) is 4.97. The lowest BCUT2D eigenvalue weighted by atomic mass is 9.92. The van der Waals surface area contributed by atoms with E-state index >= 15 is 0 Å². The van der Waals surface area contributed by atoms with E-state index in [1.165, 1.54) is 0 Å². The summed E-state index contributed by atoms with van der Waals surface area (Å²) < 4.78 is 26.1. The Morgan fingerprint density at radius 1 is 1.06 bits per heavy atom. The topological polar surface area (TPSA) is 37.4 Å². The van der Waals surface area contributed by atoms with Gasteiger partial charge >= 0.3 is 0 Å². The molecule has 0 N–H and O–H groups in total. The Balaban J connectivity index is 4.75. The van der Waals surface area contributed by atoms with E-state index in [4.69, 9.17) is 0 Å². The van der Waals surface area contributed by atoms with Crippen molar-refractivity contribution in [3.05, 3.63) is 0 Å². The molecule has 0 aliphatic rings. The lowest BCUT2D eigenvalue weighted by Crippen LogP contribution is -2.41. The molecule has 0 aromatic carbocycles. The molecule has 0 saturated carbocycles. The van der Waals surface area contributed by atoms with Crippen LogP contribution < -0.4 is 0 Å². The number of hydrogen-bond donors (Lipinski definition) is 0. The third kappa shape index (κ3) is 7.04. The molecule has 0 saturated heterocycles. The second kappa shape index (κ2) is 6.19. The molecule has 4 heteroatoms. The van der Waals surface area contributed by atoms with Crippen molar-refractivity contribution in [3.8, 4) is 0 Å². The van der Waals surface area contributed by atoms with Crippen LogP contribution in [-0.4, -0.2) is 31.1 Å². The van der Waals surface area contributed by atoms with Crippen molar-refractivity contribution in [1.29, 1.82) is 0 Å². The van der Waals surface area contributed by atoms with Gasteiger partial charge in [-0.15, -0.1) is 0 Å². The first-order valence-electron chi connectivity index (χ1n) is 6.45. The van der Waals surface area contributed by atoms with Gasteiger partial charge in [-0.3, -0.25) is 0 Å². The zero-order chi connectivity index (χ0) is 13.9. The van der Waals surface area contributed by atoms with Crippen LogP contribution in [0.5, 0.6) is 0 Å². The first-order chi connectivity index (χ1) is 7.46. The summed E-state index contributed by atoms with van der Waals surface area (Å²) in [7, 11) is -3.11. The average Bonchev–Trinajstić information content (AvgIpc) is 1.96. The summed E-state index contributed by atoms with van der Waals surface area (Å²) in [6, 6.07) is 0.0427. The molecule has 0 unspecified atom stereocenters. The molecule has 0 aromatic heterocycles. The summed E-state index contributed by atoms with van der Waals surface area (Å²) >= 11 is 0. The Morgan fingerprint density at radius 2 is 1.53 bits per heavy atom. The first kappa shape index (κ1) is 16.9. The molecule has 0 atom stereocenters. The molecule has 0 aromatic rings. The van der Waals surface area contributed by atoms with Gasteiger partial charge in [0, 0.05) is 12.6 Å². The Kier molecular flexibility index (Phi) is 6.15. The summed E-state index contributed by atoms with van der Waals surface area (Å²) in [5.74, 6) is 0.422. The highest BCUT2D eigenvalue weighted by Crippen LogP contribution is 2.21. The third-order valence-electron chi connectivity index (χ3n) is 2.56. The number of rotatable bonds is 6. The molecule has 0 rings (SSSR count). The smallest absolute Gasteiger partial charge is 0.212 e. The van der Waals surface area contributed by atoms with Gasteiger partial charge in [0.1, 0.15) is 0 Å². The monoisotopic (exact) mass is 263 g/mol. The van der Waals surface area contributed by atoms with Crippen LogP contribution in [0.3, 0.4) is 0 Å². The van der Waals surface area contributed by atoms with E-state index in [0.717, 1.165) is 6.42 Å². The van der Waals surface area contributed by atoms with Crippen LogP contribution in [0.15, 0.2) is 0 Å². The molecule has 0 fully saturated rings. The van der Waals surface area contributed by atoms with Crippen LogP contribution in [0, 0.1) is 11.3 Å². The van der Waals surface area contributed by atoms with Crippen molar-refractivity contribution >= 4 is 10.0 Å².